The number of Topliss-reactive ketones (excluding diaryl/α,β-unsaturated/α-hetero) is 1. The molecule has 1 N–H and O–H groups in total. The lowest BCUT2D eigenvalue weighted by molar-refractivity contribution is -0.120. The number of hydrogen-bond donors (Lipinski definition) is 1. The van der Waals surface area contributed by atoms with Crippen molar-refractivity contribution in [2.75, 3.05) is 31.5 Å². The first-order valence-electron chi connectivity index (χ1n) is 8.61. The van der Waals surface area contributed by atoms with E-state index in [0.29, 0.717) is 10.7 Å². The van der Waals surface area contributed by atoms with Gasteiger partial charge in [-0.25, -0.2) is 0 Å². The fourth-order valence-corrected chi connectivity index (χ4v) is 3.36. The Morgan fingerprint density at radius 1 is 1.07 bits per heavy atom. The van der Waals surface area contributed by atoms with Crippen molar-refractivity contribution in [3.05, 3.63) is 40.9 Å². The summed E-state index contributed by atoms with van der Waals surface area (Å²) in [4.78, 5) is 39.3. The van der Waals surface area contributed by atoms with Crippen LogP contribution >= 0.6 is 11.6 Å². The molecule has 1 heterocycles. The van der Waals surface area contributed by atoms with Crippen LogP contribution in [0.25, 0.3) is 0 Å². The smallest absolute Gasteiger partial charge is 0.300 e. The van der Waals surface area contributed by atoms with Gasteiger partial charge in [-0.3, -0.25) is 19.3 Å². The molecule has 0 aliphatic carbocycles. The summed E-state index contributed by atoms with van der Waals surface area (Å²) in [5.41, 5.74) is 0.623. The zero-order chi connectivity index (χ0) is 21.3. The molecule has 1 unspecified atom stereocenters. The number of benzene rings is 2. The van der Waals surface area contributed by atoms with Crippen LogP contribution in [0, 0.1) is 0 Å². The monoisotopic (exact) mass is 418 g/mol. The maximum atomic E-state index is 12.8. The summed E-state index contributed by atoms with van der Waals surface area (Å²) in [6.07, 6.45) is 0. The minimum atomic E-state index is -1.01. The molecule has 29 heavy (non-hydrogen) atoms. The average Bonchev–Trinajstić information content (AvgIpc) is 2.97. The zero-order valence-corrected chi connectivity index (χ0v) is 17.0. The minimum Gasteiger partial charge on any atom is -0.493 e. The molecule has 9 heteroatoms. The third kappa shape index (κ3) is 3.36. The van der Waals surface area contributed by atoms with Crippen LogP contribution in [0.2, 0.25) is 5.02 Å². The van der Waals surface area contributed by atoms with Gasteiger partial charge >= 0.3 is 0 Å². The van der Waals surface area contributed by atoms with Gasteiger partial charge in [-0.05, 0) is 19.1 Å². The topological polar surface area (TPSA) is 94.2 Å². The van der Waals surface area contributed by atoms with Crippen LogP contribution in [0.1, 0.15) is 17.3 Å². The summed E-state index contributed by atoms with van der Waals surface area (Å²) in [7, 11) is 4.16. The highest BCUT2D eigenvalue weighted by Gasteiger charge is 2.44. The van der Waals surface area contributed by atoms with Gasteiger partial charge in [0.25, 0.3) is 11.7 Å². The molecule has 0 bridgehead atoms. The lowest BCUT2D eigenvalue weighted by atomic mass is 10.1. The third-order valence-corrected chi connectivity index (χ3v) is 4.94. The van der Waals surface area contributed by atoms with Crippen molar-refractivity contribution in [1.82, 2.24) is 0 Å². The van der Waals surface area contributed by atoms with Crippen molar-refractivity contribution in [2.24, 2.45) is 0 Å². The van der Waals surface area contributed by atoms with Crippen LogP contribution < -0.4 is 24.4 Å². The van der Waals surface area contributed by atoms with E-state index < -0.39 is 23.6 Å². The van der Waals surface area contributed by atoms with Crippen molar-refractivity contribution >= 4 is 40.6 Å². The molecule has 152 valence electrons. The molecule has 0 saturated carbocycles. The Kier molecular flexibility index (Phi) is 5.65. The number of ether oxygens (including phenoxy) is 3. The number of halogens is 1. The van der Waals surface area contributed by atoms with Crippen LogP contribution in [0.4, 0.5) is 11.4 Å². The van der Waals surface area contributed by atoms with E-state index in [1.54, 1.807) is 24.3 Å². The van der Waals surface area contributed by atoms with Crippen molar-refractivity contribution in [3.63, 3.8) is 0 Å². The highest BCUT2D eigenvalue weighted by molar-refractivity contribution is 6.53. The minimum absolute atomic E-state index is 0.0209. The molecule has 1 atom stereocenters. The van der Waals surface area contributed by atoms with Gasteiger partial charge in [-0.1, -0.05) is 23.7 Å². The molecular formula is C20H19ClN2O6. The fraction of sp³-hybridized carbons (Fsp3) is 0.250. The molecule has 3 rings (SSSR count). The second-order valence-electron chi connectivity index (χ2n) is 6.19. The molecule has 0 saturated heterocycles. The first kappa shape index (κ1) is 20.5. The summed E-state index contributed by atoms with van der Waals surface area (Å²) in [5, 5.41) is 3.02. The van der Waals surface area contributed by atoms with Gasteiger partial charge < -0.3 is 19.5 Å². The van der Waals surface area contributed by atoms with Gasteiger partial charge in [0.15, 0.2) is 11.5 Å². The average molecular weight is 419 g/mol. The van der Waals surface area contributed by atoms with Gasteiger partial charge in [0.1, 0.15) is 6.04 Å². The Balaban J connectivity index is 2.04. The summed E-state index contributed by atoms with van der Waals surface area (Å²) < 4.78 is 15.9. The summed E-state index contributed by atoms with van der Waals surface area (Å²) >= 11 is 6.08. The van der Waals surface area contributed by atoms with Crippen molar-refractivity contribution in [3.8, 4) is 17.2 Å². The van der Waals surface area contributed by atoms with Gasteiger partial charge in [-0.2, -0.15) is 0 Å². The molecule has 8 nitrogen and oxygen atoms in total. The highest BCUT2D eigenvalue weighted by atomic mass is 35.5. The van der Waals surface area contributed by atoms with Crippen LogP contribution in [0.5, 0.6) is 17.2 Å². The van der Waals surface area contributed by atoms with Crippen LogP contribution in [-0.2, 0) is 9.59 Å². The van der Waals surface area contributed by atoms with E-state index in [1.165, 1.54) is 34.3 Å². The van der Waals surface area contributed by atoms with Crippen LogP contribution in [0.3, 0.4) is 0 Å². The highest BCUT2D eigenvalue weighted by Crippen LogP contribution is 2.48. The molecule has 2 aromatic rings. The summed E-state index contributed by atoms with van der Waals surface area (Å²) in [6, 6.07) is 7.17. The van der Waals surface area contributed by atoms with Crippen molar-refractivity contribution in [2.45, 2.75) is 13.0 Å². The largest absolute Gasteiger partial charge is 0.493 e. The predicted octanol–water partition coefficient (Wildman–Crippen LogP) is 2.92. The third-order valence-electron chi connectivity index (χ3n) is 4.61. The number of nitrogens with one attached hydrogen (secondary N) is 1. The van der Waals surface area contributed by atoms with E-state index >= 15 is 0 Å². The van der Waals surface area contributed by atoms with Crippen molar-refractivity contribution < 1.29 is 28.6 Å². The Morgan fingerprint density at radius 3 is 2.31 bits per heavy atom. The number of hydrogen-bond acceptors (Lipinski definition) is 6. The van der Waals surface area contributed by atoms with Gasteiger partial charge in [-0.15, -0.1) is 0 Å². The van der Waals surface area contributed by atoms with Gasteiger partial charge in [0.05, 0.1) is 43.3 Å². The number of para-hydroxylation sites is 1. The standard InChI is InChI=1S/C20H19ClN2O6/c1-10(19(25)22-12-8-6-5-7-11(12)21)23-13-9-14(27-2)17(28-3)18(29-4)15(13)16(24)20(23)26/h5-10H,1-4H3,(H,22,25). The first-order valence-corrected chi connectivity index (χ1v) is 8.99. The molecule has 2 aromatic carbocycles. The summed E-state index contributed by atoms with van der Waals surface area (Å²) in [6.45, 7) is 1.51. The zero-order valence-electron chi connectivity index (χ0n) is 16.2. The van der Waals surface area contributed by atoms with E-state index in [4.69, 9.17) is 25.8 Å². The Bertz CT molecular complexity index is 1010. The SMILES string of the molecule is COc1cc2c(c(OC)c1OC)C(=O)C(=O)N2C(C)C(=O)Nc1ccccc1Cl. The number of fused-ring (bicyclic) bond motifs is 1. The van der Waals surface area contributed by atoms with Crippen molar-refractivity contribution in [1.29, 1.82) is 0 Å². The van der Waals surface area contributed by atoms with Gasteiger partial charge in [0, 0.05) is 6.07 Å². The van der Waals surface area contributed by atoms with E-state index in [1.807, 2.05) is 0 Å². The summed E-state index contributed by atoms with van der Waals surface area (Å²) in [5.74, 6) is -1.65. The quantitative estimate of drug-likeness (QED) is 0.725. The second kappa shape index (κ2) is 8.00. The normalized spacial score (nSPS) is 13.8. The van der Waals surface area contributed by atoms with E-state index in [2.05, 4.69) is 5.32 Å². The molecule has 2 amide bonds. The van der Waals surface area contributed by atoms with Crippen LogP contribution in [0.15, 0.2) is 30.3 Å². The maximum absolute atomic E-state index is 12.8. The fourth-order valence-electron chi connectivity index (χ4n) is 3.18. The van der Waals surface area contributed by atoms with E-state index in [0.717, 1.165) is 4.90 Å². The number of anilines is 2. The Morgan fingerprint density at radius 2 is 1.72 bits per heavy atom. The van der Waals surface area contributed by atoms with Crippen LogP contribution in [-0.4, -0.2) is 45.0 Å². The molecular weight excluding hydrogens is 400 g/mol. The molecule has 0 aromatic heterocycles. The number of amides is 2. The maximum Gasteiger partial charge on any atom is 0.300 e. The number of ketones is 1. The number of methoxy groups -OCH3 is 3. The number of carbonyl (C=O) groups is 3. The molecule has 0 spiro atoms. The number of rotatable bonds is 6. The Labute approximate surface area is 172 Å². The predicted molar refractivity (Wildman–Crippen MR) is 107 cm³/mol. The molecule has 0 radical (unpaired) electrons. The number of carbonyl (C=O) groups excluding carboxylic acids is 3. The lowest BCUT2D eigenvalue weighted by Gasteiger charge is -2.25. The van der Waals surface area contributed by atoms with E-state index in [9.17, 15) is 14.4 Å². The van der Waals surface area contributed by atoms with Gasteiger partial charge in [0.2, 0.25) is 11.7 Å². The number of nitrogens with zero attached hydrogens (tertiary/aromatic N) is 1. The van der Waals surface area contributed by atoms with E-state index in [-0.39, 0.29) is 28.5 Å². The molecule has 1 aliphatic heterocycles. The molecule has 0 fully saturated rings. The molecule has 1 aliphatic rings. The Hall–Kier alpha value is -3.26. The lowest BCUT2D eigenvalue weighted by Crippen LogP contribution is -2.45. The first-order chi connectivity index (χ1) is 13.8. The second-order valence-corrected chi connectivity index (χ2v) is 6.60.